The lowest BCUT2D eigenvalue weighted by Crippen LogP contribution is -2.26. The summed E-state index contributed by atoms with van der Waals surface area (Å²) in [6.07, 6.45) is 11.6. The standard InChI is InChI=1S/C22H36N2/c1-5-9-11-19-23(17-7-3)21-13-15-22(16-14-21)24(18-8-4)20-12-10-6-2/h7-8,13-16H,3-6,9-12,17-20H2,1-2H3. The highest BCUT2D eigenvalue weighted by atomic mass is 15.1. The Morgan fingerprint density at radius 1 is 0.708 bits per heavy atom. The molecule has 0 aromatic heterocycles. The summed E-state index contributed by atoms with van der Waals surface area (Å²) in [6.45, 7) is 16.3. The first kappa shape index (κ1) is 20.3. The van der Waals surface area contributed by atoms with Crippen molar-refractivity contribution >= 4 is 11.4 Å². The van der Waals surface area contributed by atoms with Gasteiger partial charge in [-0.05, 0) is 37.1 Å². The van der Waals surface area contributed by atoms with Crippen molar-refractivity contribution in [3.63, 3.8) is 0 Å². The van der Waals surface area contributed by atoms with Gasteiger partial charge in [0, 0.05) is 37.6 Å². The number of hydrogen-bond acceptors (Lipinski definition) is 2. The summed E-state index contributed by atoms with van der Waals surface area (Å²) in [5.41, 5.74) is 2.59. The van der Waals surface area contributed by atoms with Crippen LogP contribution in [0.3, 0.4) is 0 Å². The van der Waals surface area contributed by atoms with Gasteiger partial charge in [-0.2, -0.15) is 0 Å². The molecule has 0 aliphatic carbocycles. The summed E-state index contributed by atoms with van der Waals surface area (Å²) in [5.74, 6) is 0. The van der Waals surface area contributed by atoms with Crippen molar-refractivity contribution < 1.29 is 0 Å². The normalized spacial score (nSPS) is 10.4. The Bertz CT molecular complexity index is 407. The van der Waals surface area contributed by atoms with Gasteiger partial charge >= 0.3 is 0 Å². The first-order valence-corrected chi connectivity index (χ1v) is 9.58. The molecular weight excluding hydrogens is 292 g/mol. The molecule has 0 heterocycles. The van der Waals surface area contributed by atoms with E-state index in [1.54, 1.807) is 0 Å². The Morgan fingerprint density at radius 3 is 1.38 bits per heavy atom. The molecule has 134 valence electrons. The fourth-order valence-electron chi connectivity index (χ4n) is 2.94. The molecule has 0 unspecified atom stereocenters. The van der Waals surface area contributed by atoms with Crippen molar-refractivity contribution in [3.8, 4) is 0 Å². The second-order valence-corrected chi connectivity index (χ2v) is 6.40. The molecule has 0 saturated carbocycles. The molecule has 0 radical (unpaired) electrons. The number of nitrogens with zero attached hydrogens (tertiary/aromatic N) is 2. The van der Waals surface area contributed by atoms with Crippen LogP contribution in [0.1, 0.15) is 52.4 Å². The van der Waals surface area contributed by atoms with E-state index in [1.165, 1.54) is 49.9 Å². The highest BCUT2D eigenvalue weighted by molar-refractivity contribution is 5.57. The third-order valence-corrected chi connectivity index (χ3v) is 4.34. The van der Waals surface area contributed by atoms with Gasteiger partial charge in [0.2, 0.25) is 0 Å². The lowest BCUT2D eigenvalue weighted by Gasteiger charge is -2.26. The summed E-state index contributed by atoms with van der Waals surface area (Å²) in [4.78, 5) is 4.84. The van der Waals surface area contributed by atoms with Crippen LogP contribution in [0.25, 0.3) is 0 Å². The number of rotatable bonds is 14. The second kappa shape index (κ2) is 12.7. The van der Waals surface area contributed by atoms with Gasteiger partial charge in [-0.1, -0.05) is 51.7 Å². The maximum atomic E-state index is 3.91. The molecular formula is C22H36N2. The molecule has 0 atom stereocenters. The Balaban J connectivity index is 2.74. The van der Waals surface area contributed by atoms with E-state index in [0.717, 1.165) is 26.2 Å². The van der Waals surface area contributed by atoms with Crippen molar-refractivity contribution in [1.29, 1.82) is 0 Å². The zero-order chi connectivity index (χ0) is 17.6. The van der Waals surface area contributed by atoms with E-state index < -0.39 is 0 Å². The quantitative estimate of drug-likeness (QED) is 0.303. The molecule has 0 spiro atoms. The Labute approximate surface area is 149 Å². The topological polar surface area (TPSA) is 6.48 Å². The molecule has 0 bridgehead atoms. The van der Waals surface area contributed by atoms with Gasteiger partial charge in [0.05, 0.1) is 0 Å². The molecule has 24 heavy (non-hydrogen) atoms. The third kappa shape index (κ3) is 7.25. The van der Waals surface area contributed by atoms with E-state index in [9.17, 15) is 0 Å². The molecule has 0 aliphatic heterocycles. The van der Waals surface area contributed by atoms with E-state index >= 15 is 0 Å². The minimum absolute atomic E-state index is 0.913. The summed E-state index contributed by atoms with van der Waals surface area (Å²) in [6, 6.07) is 9.00. The maximum absolute atomic E-state index is 3.91. The smallest absolute Gasteiger partial charge is 0.0370 e. The SMILES string of the molecule is C=CCN(CCCCC)c1ccc(N(CC=C)CCCCC)cc1. The van der Waals surface area contributed by atoms with Crippen molar-refractivity contribution in [3.05, 3.63) is 49.6 Å². The molecule has 0 aliphatic rings. The fourth-order valence-corrected chi connectivity index (χ4v) is 2.94. The summed E-state index contributed by atoms with van der Waals surface area (Å²) in [7, 11) is 0. The maximum Gasteiger partial charge on any atom is 0.0370 e. The van der Waals surface area contributed by atoms with Gasteiger partial charge in [-0.3, -0.25) is 0 Å². The van der Waals surface area contributed by atoms with Gasteiger partial charge < -0.3 is 9.80 Å². The van der Waals surface area contributed by atoms with Crippen LogP contribution in [0.15, 0.2) is 49.6 Å². The predicted octanol–water partition coefficient (Wildman–Crippen LogP) is 6.05. The predicted molar refractivity (Wildman–Crippen MR) is 110 cm³/mol. The molecule has 1 aromatic carbocycles. The minimum atomic E-state index is 0.913. The molecule has 0 N–H and O–H groups in total. The van der Waals surface area contributed by atoms with Crippen molar-refractivity contribution in [2.75, 3.05) is 36.0 Å². The Morgan fingerprint density at radius 2 is 1.08 bits per heavy atom. The van der Waals surface area contributed by atoms with Crippen LogP contribution in [0, 0.1) is 0 Å². The Hall–Kier alpha value is -1.70. The highest BCUT2D eigenvalue weighted by Crippen LogP contribution is 2.22. The van der Waals surface area contributed by atoms with Gasteiger partial charge in [-0.25, -0.2) is 0 Å². The first-order valence-electron chi connectivity index (χ1n) is 9.58. The number of hydrogen-bond donors (Lipinski definition) is 0. The molecule has 2 nitrogen and oxygen atoms in total. The van der Waals surface area contributed by atoms with Crippen LogP contribution >= 0.6 is 0 Å². The number of benzene rings is 1. The van der Waals surface area contributed by atoms with E-state index in [4.69, 9.17) is 0 Å². The molecule has 1 rings (SSSR count). The average Bonchev–Trinajstić information content (AvgIpc) is 2.61. The molecule has 0 saturated heterocycles. The summed E-state index contributed by atoms with van der Waals surface area (Å²) < 4.78 is 0. The zero-order valence-corrected chi connectivity index (χ0v) is 15.8. The number of anilines is 2. The van der Waals surface area contributed by atoms with Crippen LogP contribution < -0.4 is 9.80 Å². The van der Waals surface area contributed by atoms with Gasteiger partial charge in [0.1, 0.15) is 0 Å². The summed E-state index contributed by atoms with van der Waals surface area (Å²) >= 11 is 0. The lowest BCUT2D eigenvalue weighted by molar-refractivity contribution is 0.691. The van der Waals surface area contributed by atoms with Crippen LogP contribution in [-0.2, 0) is 0 Å². The van der Waals surface area contributed by atoms with E-state index in [2.05, 4.69) is 61.1 Å². The van der Waals surface area contributed by atoms with Crippen molar-refractivity contribution in [2.24, 2.45) is 0 Å². The monoisotopic (exact) mass is 328 g/mol. The van der Waals surface area contributed by atoms with Gasteiger partial charge in [0.25, 0.3) is 0 Å². The van der Waals surface area contributed by atoms with Crippen LogP contribution in [0.5, 0.6) is 0 Å². The van der Waals surface area contributed by atoms with Crippen LogP contribution in [0.2, 0.25) is 0 Å². The first-order chi connectivity index (χ1) is 11.8. The molecule has 2 heteroatoms. The molecule has 1 aromatic rings. The van der Waals surface area contributed by atoms with Crippen LogP contribution in [-0.4, -0.2) is 26.2 Å². The molecule has 0 fully saturated rings. The minimum Gasteiger partial charge on any atom is -0.368 e. The average molecular weight is 329 g/mol. The van der Waals surface area contributed by atoms with E-state index in [-0.39, 0.29) is 0 Å². The number of unbranched alkanes of at least 4 members (excludes halogenated alkanes) is 4. The largest absolute Gasteiger partial charge is 0.368 e. The zero-order valence-electron chi connectivity index (χ0n) is 15.8. The van der Waals surface area contributed by atoms with Crippen molar-refractivity contribution in [1.82, 2.24) is 0 Å². The second-order valence-electron chi connectivity index (χ2n) is 6.40. The molecule has 0 amide bonds. The highest BCUT2D eigenvalue weighted by Gasteiger charge is 2.08. The van der Waals surface area contributed by atoms with Crippen molar-refractivity contribution in [2.45, 2.75) is 52.4 Å². The van der Waals surface area contributed by atoms with Gasteiger partial charge in [-0.15, -0.1) is 13.2 Å². The van der Waals surface area contributed by atoms with Crippen LogP contribution in [0.4, 0.5) is 11.4 Å². The summed E-state index contributed by atoms with van der Waals surface area (Å²) in [5, 5.41) is 0. The lowest BCUT2D eigenvalue weighted by atomic mass is 10.2. The van der Waals surface area contributed by atoms with Gasteiger partial charge in [0.15, 0.2) is 0 Å². The third-order valence-electron chi connectivity index (χ3n) is 4.34. The fraction of sp³-hybridized carbons (Fsp3) is 0.545. The Kier molecular flexibility index (Phi) is 10.8. The van der Waals surface area contributed by atoms with E-state index in [0.29, 0.717) is 0 Å². The van der Waals surface area contributed by atoms with E-state index in [1.807, 2.05) is 12.2 Å².